The van der Waals surface area contributed by atoms with Crippen LogP contribution in [0.15, 0.2) is 72.8 Å². The van der Waals surface area contributed by atoms with Gasteiger partial charge in [-0.25, -0.2) is 4.79 Å². The first-order valence-corrected chi connectivity index (χ1v) is 11.7. The van der Waals surface area contributed by atoms with Gasteiger partial charge in [-0.15, -0.1) is 0 Å². The maximum atomic E-state index is 13.5. The summed E-state index contributed by atoms with van der Waals surface area (Å²) in [6.07, 6.45) is 3.22. The second kappa shape index (κ2) is 7.84. The zero-order valence-electron chi connectivity index (χ0n) is 18.2. The fourth-order valence-electron chi connectivity index (χ4n) is 6.27. The van der Waals surface area contributed by atoms with Crippen LogP contribution in [0, 0.1) is 23.7 Å². The highest BCUT2D eigenvalue weighted by molar-refractivity contribution is 6.08. The Morgan fingerprint density at radius 2 is 1.48 bits per heavy atom. The molecule has 1 heterocycles. The number of carbonyl (C=O) groups is 3. The molecule has 1 aliphatic heterocycles. The molecule has 33 heavy (non-hydrogen) atoms. The van der Waals surface area contributed by atoms with Gasteiger partial charge in [0.1, 0.15) is 11.8 Å². The largest absolute Gasteiger partial charge is 0.425 e. The fraction of sp³-hybridized carbons (Fsp3) is 0.321. The molecule has 5 atom stereocenters. The normalized spacial score (nSPS) is 26.6. The summed E-state index contributed by atoms with van der Waals surface area (Å²) in [5, 5.41) is 2.01. The van der Waals surface area contributed by atoms with E-state index in [-0.39, 0.29) is 41.9 Å². The lowest BCUT2D eigenvalue weighted by molar-refractivity contribution is -0.154. The SMILES string of the molecule is O=C(Oc1ccc2ccccc2c1)[C@@H](Cc1ccccc1)N1C(=O)[C@H]2[C@@H]3CC[C@@H](C3)[C@@H]2C1=O. The zero-order valence-corrected chi connectivity index (χ0v) is 18.2. The van der Waals surface area contributed by atoms with Crippen molar-refractivity contribution in [2.45, 2.75) is 31.7 Å². The van der Waals surface area contributed by atoms with Crippen molar-refractivity contribution in [2.24, 2.45) is 23.7 Å². The van der Waals surface area contributed by atoms with Crippen LogP contribution in [0.1, 0.15) is 24.8 Å². The summed E-state index contributed by atoms with van der Waals surface area (Å²) in [5.74, 6) is -0.502. The molecule has 3 fully saturated rings. The van der Waals surface area contributed by atoms with Gasteiger partial charge in [0.2, 0.25) is 11.8 Å². The van der Waals surface area contributed by atoms with Crippen molar-refractivity contribution in [3.8, 4) is 5.75 Å². The van der Waals surface area contributed by atoms with Crippen LogP contribution in [-0.4, -0.2) is 28.7 Å². The molecule has 3 aromatic rings. The number of ether oxygens (including phenoxy) is 1. The van der Waals surface area contributed by atoms with E-state index in [1.165, 1.54) is 4.90 Å². The number of imide groups is 1. The van der Waals surface area contributed by atoms with Crippen LogP contribution in [-0.2, 0) is 20.8 Å². The average molecular weight is 440 g/mol. The lowest BCUT2D eigenvalue weighted by Gasteiger charge is -2.26. The number of esters is 1. The Bertz CT molecular complexity index is 1230. The van der Waals surface area contributed by atoms with Crippen molar-refractivity contribution in [1.29, 1.82) is 0 Å². The molecule has 3 aromatic carbocycles. The van der Waals surface area contributed by atoms with Crippen molar-refractivity contribution in [3.63, 3.8) is 0 Å². The molecule has 5 heteroatoms. The maximum Gasteiger partial charge on any atom is 0.335 e. The zero-order chi connectivity index (χ0) is 22.5. The van der Waals surface area contributed by atoms with Crippen molar-refractivity contribution in [3.05, 3.63) is 78.4 Å². The van der Waals surface area contributed by atoms with E-state index in [1.54, 1.807) is 6.07 Å². The van der Waals surface area contributed by atoms with Gasteiger partial charge in [0, 0.05) is 6.42 Å². The summed E-state index contributed by atoms with van der Waals surface area (Å²) in [5.41, 5.74) is 0.888. The number of carbonyl (C=O) groups excluding carboxylic acids is 3. The van der Waals surface area contributed by atoms with Crippen LogP contribution in [0.2, 0.25) is 0 Å². The van der Waals surface area contributed by atoms with E-state index >= 15 is 0 Å². The quantitative estimate of drug-likeness (QED) is 0.336. The maximum absolute atomic E-state index is 13.5. The molecule has 166 valence electrons. The predicted octanol–water partition coefficient (Wildman–Crippen LogP) is 4.39. The minimum Gasteiger partial charge on any atom is -0.425 e. The van der Waals surface area contributed by atoms with Gasteiger partial charge in [0.25, 0.3) is 0 Å². The molecular formula is C28H25NO4. The summed E-state index contributed by atoms with van der Waals surface area (Å²) in [6.45, 7) is 0. The molecule has 2 aliphatic carbocycles. The molecule has 0 unspecified atom stereocenters. The van der Waals surface area contributed by atoms with E-state index in [1.807, 2.05) is 66.7 Å². The number of likely N-dealkylation sites (tertiary alicyclic amines) is 1. The molecule has 2 amide bonds. The lowest BCUT2D eigenvalue weighted by atomic mass is 9.81. The molecule has 0 aromatic heterocycles. The Morgan fingerprint density at radius 3 is 2.18 bits per heavy atom. The van der Waals surface area contributed by atoms with E-state index in [4.69, 9.17) is 4.74 Å². The fourth-order valence-corrected chi connectivity index (χ4v) is 6.27. The topological polar surface area (TPSA) is 63.7 Å². The Morgan fingerprint density at radius 1 is 0.848 bits per heavy atom. The predicted molar refractivity (Wildman–Crippen MR) is 123 cm³/mol. The molecular weight excluding hydrogens is 414 g/mol. The van der Waals surface area contributed by atoms with Crippen LogP contribution < -0.4 is 4.74 Å². The van der Waals surface area contributed by atoms with Crippen LogP contribution in [0.5, 0.6) is 5.75 Å². The standard InChI is InChI=1S/C28H25NO4/c30-26-24-20-10-11-21(15-20)25(24)27(31)29(26)23(14-17-6-2-1-3-7-17)28(32)33-22-13-12-18-8-4-5-9-19(18)16-22/h1-9,12-13,16,20-21,23-25H,10-11,14-15H2/t20-,21+,23-,24+,25+/m1/s1. The monoisotopic (exact) mass is 439 g/mol. The smallest absolute Gasteiger partial charge is 0.335 e. The summed E-state index contributed by atoms with van der Waals surface area (Å²) < 4.78 is 5.77. The van der Waals surface area contributed by atoms with Crippen molar-refractivity contribution in [1.82, 2.24) is 4.90 Å². The third kappa shape index (κ3) is 3.34. The number of rotatable bonds is 5. The average Bonchev–Trinajstić information content (AvgIpc) is 3.52. The van der Waals surface area contributed by atoms with E-state index in [0.29, 0.717) is 5.75 Å². The highest BCUT2D eigenvalue weighted by atomic mass is 16.5. The molecule has 0 spiro atoms. The number of fused-ring (bicyclic) bond motifs is 6. The molecule has 5 nitrogen and oxygen atoms in total. The minimum absolute atomic E-state index is 0.186. The Hall–Kier alpha value is -3.47. The van der Waals surface area contributed by atoms with Crippen molar-refractivity contribution >= 4 is 28.6 Å². The number of hydrogen-bond donors (Lipinski definition) is 0. The number of hydrogen-bond acceptors (Lipinski definition) is 4. The summed E-state index contributed by atoms with van der Waals surface area (Å²) in [7, 11) is 0. The molecule has 3 aliphatic rings. The Labute approximate surface area is 192 Å². The van der Waals surface area contributed by atoms with E-state index < -0.39 is 12.0 Å². The second-order valence-electron chi connectivity index (χ2n) is 9.57. The van der Waals surface area contributed by atoms with Gasteiger partial charge in [-0.3, -0.25) is 14.5 Å². The van der Waals surface area contributed by atoms with Crippen LogP contribution in [0.3, 0.4) is 0 Å². The van der Waals surface area contributed by atoms with Crippen LogP contribution >= 0.6 is 0 Å². The van der Waals surface area contributed by atoms with E-state index in [9.17, 15) is 14.4 Å². The molecule has 2 saturated carbocycles. The van der Waals surface area contributed by atoms with Gasteiger partial charge in [0.05, 0.1) is 11.8 Å². The lowest BCUT2D eigenvalue weighted by Crippen LogP contribution is -2.49. The van der Waals surface area contributed by atoms with E-state index in [2.05, 4.69) is 0 Å². The van der Waals surface area contributed by atoms with Crippen LogP contribution in [0.4, 0.5) is 0 Å². The van der Waals surface area contributed by atoms with Gasteiger partial charge in [-0.2, -0.15) is 0 Å². The van der Waals surface area contributed by atoms with Gasteiger partial charge in [-0.05, 0) is 59.6 Å². The summed E-state index contributed by atoms with van der Waals surface area (Å²) >= 11 is 0. The highest BCUT2D eigenvalue weighted by Crippen LogP contribution is 2.56. The van der Waals surface area contributed by atoms with Gasteiger partial charge >= 0.3 is 5.97 Å². The van der Waals surface area contributed by atoms with Gasteiger partial charge in [-0.1, -0.05) is 60.7 Å². The number of nitrogens with zero attached hydrogens (tertiary/aromatic N) is 1. The first-order valence-electron chi connectivity index (χ1n) is 11.7. The van der Waals surface area contributed by atoms with Gasteiger partial charge in [0.15, 0.2) is 0 Å². The third-order valence-corrected chi connectivity index (χ3v) is 7.76. The van der Waals surface area contributed by atoms with Crippen LogP contribution in [0.25, 0.3) is 10.8 Å². The first-order chi connectivity index (χ1) is 16.1. The molecule has 0 N–H and O–H groups in total. The molecule has 2 bridgehead atoms. The minimum atomic E-state index is -0.969. The Kier molecular flexibility index (Phi) is 4.79. The van der Waals surface area contributed by atoms with Gasteiger partial charge < -0.3 is 4.74 Å². The highest BCUT2D eigenvalue weighted by Gasteiger charge is 2.62. The summed E-state index contributed by atoms with van der Waals surface area (Å²) in [6, 6.07) is 21.8. The summed E-state index contributed by atoms with van der Waals surface area (Å²) in [4.78, 5) is 41.6. The van der Waals surface area contributed by atoms with Crippen molar-refractivity contribution < 1.29 is 19.1 Å². The number of amides is 2. The molecule has 0 radical (unpaired) electrons. The molecule has 6 rings (SSSR count). The Balaban J connectivity index is 1.32. The van der Waals surface area contributed by atoms with E-state index in [0.717, 1.165) is 35.6 Å². The third-order valence-electron chi connectivity index (χ3n) is 7.76. The molecule has 1 saturated heterocycles. The second-order valence-corrected chi connectivity index (χ2v) is 9.57. The van der Waals surface area contributed by atoms with Crippen molar-refractivity contribution in [2.75, 3.05) is 0 Å². The first kappa shape index (κ1) is 20.2. The number of benzene rings is 3.